The molecule has 0 spiro atoms. The first-order valence-electron chi connectivity index (χ1n) is 7.12. The number of halogens is 1. The van der Waals surface area contributed by atoms with Crippen molar-refractivity contribution in [1.29, 1.82) is 0 Å². The third-order valence-electron chi connectivity index (χ3n) is 3.54. The molecule has 1 fully saturated rings. The predicted molar refractivity (Wildman–Crippen MR) is 85.3 cm³/mol. The molecular formula is C16H25BrN2. The standard InChI is InChI=1S/C16H25BrN2/c1-16(2,11-18-14-8-9-14)12-19(3)10-13-6-4-5-7-15(13)17/h4-7,14,18H,8-12H2,1-3H3. The lowest BCUT2D eigenvalue weighted by Crippen LogP contribution is -2.39. The van der Waals surface area contributed by atoms with Crippen molar-refractivity contribution in [2.75, 3.05) is 20.1 Å². The summed E-state index contributed by atoms with van der Waals surface area (Å²) < 4.78 is 1.20. The van der Waals surface area contributed by atoms with E-state index >= 15 is 0 Å². The summed E-state index contributed by atoms with van der Waals surface area (Å²) in [6.07, 6.45) is 2.73. The van der Waals surface area contributed by atoms with Gasteiger partial charge in [-0.05, 0) is 36.9 Å². The minimum atomic E-state index is 0.318. The summed E-state index contributed by atoms with van der Waals surface area (Å²) in [5.74, 6) is 0. The van der Waals surface area contributed by atoms with E-state index in [4.69, 9.17) is 0 Å². The summed E-state index contributed by atoms with van der Waals surface area (Å²) >= 11 is 3.62. The molecule has 0 heterocycles. The van der Waals surface area contributed by atoms with Crippen molar-refractivity contribution in [1.82, 2.24) is 10.2 Å². The zero-order chi connectivity index (χ0) is 13.9. The fourth-order valence-electron chi connectivity index (χ4n) is 2.47. The molecule has 1 aromatic carbocycles. The second-order valence-corrected chi connectivity index (χ2v) is 7.44. The summed E-state index contributed by atoms with van der Waals surface area (Å²) in [4.78, 5) is 2.41. The zero-order valence-electron chi connectivity index (χ0n) is 12.2. The second kappa shape index (κ2) is 6.38. The fraction of sp³-hybridized carbons (Fsp3) is 0.625. The summed E-state index contributed by atoms with van der Waals surface area (Å²) in [5.41, 5.74) is 1.68. The largest absolute Gasteiger partial charge is 0.313 e. The van der Waals surface area contributed by atoms with Gasteiger partial charge in [0.15, 0.2) is 0 Å². The van der Waals surface area contributed by atoms with Gasteiger partial charge in [-0.1, -0.05) is 48.0 Å². The zero-order valence-corrected chi connectivity index (χ0v) is 13.8. The van der Waals surface area contributed by atoms with Crippen LogP contribution < -0.4 is 5.32 Å². The topological polar surface area (TPSA) is 15.3 Å². The summed E-state index contributed by atoms with van der Waals surface area (Å²) in [6, 6.07) is 9.27. The van der Waals surface area contributed by atoms with E-state index in [0.717, 1.165) is 25.7 Å². The van der Waals surface area contributed by atoms with E-state index in [1.54, 1.807) is 0 Å². The molecule has 0 bridgehead atoms. The molecule has 2 nitrogen and oxygen atoms in total. The van der Waals surface area contributed by atoms with Crippen LogP contribution in [0.1, 0.15) is 32.3 Å². The first kappa shape index (κ1) is 15.0. The smallest absolute Gasteiger partial charge is 0.0242 e. The van der Waals surface area contributed by atoms with Crippen molar-refractivity contribution in [2.24, 2.45) is 5.41 Å². The predicted octanol–water partition coefficient (Wildman–Crippen LogP) is 3.66. The normalized spacial score (nSPS) is 16.1. The minimum Gasteiger partial charge on any atom is -0.313 e. The first-order valence-corrected chi connectivity index (χ1v) is 7.91. The van der Waals surface area contributed by atoms with Gasteiger partial charge in [-0.2, -0.15) is 0 Å². The third-order valence-corrected chi connectivity index (χ3v) is 4.32. The van der Waals surface area contributed by atoms with Gasteiger partial charge in [-0.3, -0.25) is 0 Å². The Morgan fingerprint density at radius 1 is 1.32 bits per heavy atom. The summed E-state index contributed by atoms with van der Waals surface area (Å²) in [5, 5.41) is 3.64. The van der Waals surface area contributed by atoms with Gasteiger partial charge in [-0.15, -0.1) is 0 Å². The Bertz CT molecular complexity index is 413. The van der Waals surface area contributed by atoms with E-state index in [0.29, 0.717) is 5.41 Å². The Balaban J connectivity index is 1.82. The molecule has 106 valence electrons. The Kier molecular flexibility index (Phi) is 5.04. The Morgan fingerprint density at radius 2 is 2.00 bits per heavy atom. The minimum absolute atomic E-state index is 0.318. The van der Waals surface area contributed by atoms with Crippen LogP contribution in [0.15, 0.2) is 28.7 Å². The highest BCUT2D eigenvalue weighted by Crippen LogP contribution is 2.23. The molecule has 19 heavy (non-hydrogen) atoms. The second-order valence-electron chi connectivity index (χ2n) is 6.58. The lowest BCUT2D eigenvalue weighted by molar-refractivity contribution is 0.198. The Hall–Kier alpha value is -0.380. The molecule has 2 rings (SSSR count). The van der Waals surface area contributed by atoms with Crippen LogP contribution in [0.5, 0.6) is 0 Å². The van der Waals surface area contributed by atoms with E-state index in [1.165, 1.54) is 22.9 Å². The van der Waals surface area contributed by atoms with Crippen molar-refractivity contribution in [3.05, 3.63) is 34.3 Å². The highest BCUT2D eigenvalue weighted by atomic mass is 79.9. The molecule has 0 atom stereocenters. The lowest BCUT2D eigenvalue weighted by atomic mass is 9.92. The molecule has 1 aliphatic carbocycles. The fourth-order valence-corrected chi connectivity index (χ4v) is 2.88. The van der Waals surface area contributed by atoms with Gasteiger partial charge in [0.1, 0.15) is 0 Å². The number of nitrogens with zero attached hydrogens (tertiary/aromatic N) is 1. The van der Waals surface area contributed by atoms with Gasteiger partial charge in [0, 0.05) is 30.1 Å². The van der Waals surface area contributed by atoms with Gasteiger partial charge in [0.2, 0.25) is 0 Å². The maximum atomic E-state index is 3.64. The van der Waals surface area contributed by atoms with Crippen molar-refractivity contribution >= 4 is 15.9 Å². The van der Waals surface area contributed by atoms with E-state index in [9.17, 15) is 0 Å². The molecule has 1 saturated carbocycles. The number of hydrogen-bond acceptors (Lipinski definition) is 2. The van der Waals surface area contributed by atoms with Crippen molar-refractivity contribution in [2.45, 2.75) is 39.3 Å². The van der Waals surface area contributed by atoms with E-state index < -0.39 is 0 Å². The SMILES string of the molecule is CN(Cc1ccccc1Br)CC(C)(C)CNC1CC1. The number of rotatable bonds is 7. The molecule has 1 N–H and O–H groups in total. The van der Waals surface area contributed by atoms with Crippen molar-refractivity contribution in [3.8, 4) is 0 Å². The molecular weight excluding hydrogens is 300 g/mol. The molecule has 0 unspecified atom stereocenters. The summed E-state index contributed by atoms with van der Waals surface area (Å²) in [6.45, 7) is 7.90. The van der Waals surface area contributed by atoms with Gasteiger partial charge < -0.3 is 10.2 Å². The van der Waals surface area contributed by atoms with E-state index in [2.05, 4.69) is 71.3 Å². The van der Waals surface area contributed by atoms with Crippen LogP contribution in [-0.2, 0) is 6.54 Å². The van der Waals surface area contributed by atoms with Crippen LogP contribution >= 0.6 is 15.9 Å². The van der Waals surface area contributed by atoms with Crippen LogP contribution in [-0.4, -0.2) is 31.1 Å². The lowest BCUT2D eigenvalue weighted by Gasteiger charge is -2.31. The van der Waals surface area contributed by atoms with Gasteiger partial charge >= 0.3 is 0 Å². The van der Waals surface area contributed by atoms with E-state index in [-0.39, 0.29) is 0 Å². The average molecular weight is 325 g/mol. The molecule has 1 aromatic rings. The van der Waals surface area contributed by atoms with Gasteiger partial charge in [-0.25, -0.2) is 0 Å². The van der Waals surface area contributed by atoms with Crippen LogP contribution in [0.4, 0.5) is 0 Å². The maximum Gasteiger partial charge on any atom is 0.0242 e. The number of benzene rings is 1. The van der Waals surface area contributed by atoms with Crippen LogP contribution in [0.3, 0.4) is 0 Å². The highest BCUT2D eigenvalue weighted by molar-refractivity contribution is 9.10. The average Bonchev–Trinajstić information content (AvgIpc) is 3.13. The quantitative estimate of drug-likeness (QED) is 0.823. The molecule has 3 heteroatoms. The van der Waals surface area contributed by atoms with Crippen LogP contribution in [0, 0.1) is 5.41 Å². The molecule has 1 aliphatic rings. The molecule has 0 aliphatic heterocycles. The number of nitrogens with one attached hydrogen (secondary N) is 1. The van der Waals surface area contributed by atoms with Crippen molar-refractivity contribution in [3.63, 3.8) is 0 Å². The third kappa shape index (κ3) is 5.25. The molecule has 0 saturated heterocycles. The number of hydrogen-bond donors (Lipinski definition) is 1. The van der Waals surface area contributed by atoms with Crippen LogP contribution in [0.25, 0.3) is 0 Å². The molecule has 0 amide bonds. The Morgan fingerprint density at radius 3 is 2.63 bits per heavy atom. The Labute approximate surface area is 125 Å². The molecule has 0 radical (unpaired) electrons. The highest BCUT2D eigenvalue weighted by Gasteiger charge is 2.26. The van der Waals surface area contributed by atoms with Crippen LogP contribution in [0.2, 0.25) is 0 Å². The van der Waals surface area contributed by atoms with Gasteiger partial charge in [0.05, 0.1) is 0 Å². The summed E-state index contributed by atoms with van der Waals surface area (Å²) in [7, 11) is 2.21. The maximum absolute atomic E-state index is 3.64. The van der Waals surface area contributed by atoms with Gasteiger partial charge in [0.25, 0.3) is 0 Å². The molecule has 0 aromatic heterocycles. The van der Waals surface area contributed by atoms with E-state index in [1.807, 2.05) is 0 Å². The van der Waals surface area contributed by atoms with Crippen molar-refractivity contribution < 1.29 is 0 Å². The first-order chi connectivity index (χ1) is 8.96. The monoisotopic (exact) mass is 324 g/mol.